The summed E-state index contributed by atoms with van der Waals surface area (Å²) in [5.41, 5.74) is 0.256. The number of likely N-dealkylation sites (N-methyl/N-ethyl adjacent to an activating group) is 1. The predicted octanol–water partition coefficient (Wildman–Crippen LogP) is 0.0665. The standard InChI is InChI=1S/C12H16FNO4/c1-14-6-10(15)12(18)8-3-2-7(4-9(8)13)5-11(16)17/h2-4,10,12,14-15,18H,5-6H2,1H3,(H,16,17). The summed E-state index contributed by atoms with van der Waals surface area (Å²) < 4.78 is 13.7. The molecule has 0 amide bonds. The molecule has 4 N–H and O–H groups in total. The summed E-state index contributed by atoms with van der Waals surface area (Å²) in [6.45, 7) is 0.123. The van der Waals surface area contributed by atoms with Gasteiger partial charge in [0.25, 0.3) is 0 Å². The van der Waals surface area contributed by atoms with Crippen molar-refractivity contribution in [2.45, 2.75) is 18.6 Å². The average Bonchev–Trinajstić information content (AvgIpc) is 2.28. The molecule has 0 aliphatic heterocycles. The minimum Gasteiger partial charge on any atom is -0.481 e. The van der Waals surface area contributed by atoms with Crippen LogP contribution >= 0.6 is 0 Å². The fourth-order valence-corrected chi connectivity index (χ4v) is 1.62. The molecule has 0 aliphatic carbocycles. The number of benzene rings is 1. The molecule has 0 fully saturated rings. The number of rotatable bonds is 6. The Bertz CT molecular complexity index is 425. The Morgan fingerprint density at radius 3 is 2.61 bits per heavy atom. The zero-order valence-electron chi connectivity index (χ0n) is 9.93. The summed E-state index contributed by atoms with van der Waals surface area (Å²) in [6.07, 6.45) is -2.77. The fraction of sp³-hybridized carbons (Fsp3) is 0.417. The van der Waals surface area contributed by atoms with Gasteiger partial charge in [0.15, 0.2) is 0 Å². The molecule has 0 aromatic heterocycles. The Morgan fingerprint density at radius 2 is 2.11 bits per heavy atom. The van der Waals surface area contributed by atoms with Crippen LogP contribution in [0.1, 0.15) is 17.2 Å². The Labute approximate surface area is 104 Å². The number of aliphatic hydroxyl groups excluding tert-OH is 2. The van der Waals surface area contributed by atoms with Gasteiger partial charge in [-0.25, -0.2) is 4.39 Å². The van der Waals surface area contributed by atoms with Crippen LogP contribution in [0.5, 0.6) is 0 Å². The molecule has 2 atom stereocenters. The molecule has 2 unspecified atom stereocenters. The molecule has 0 saturated heterocycles. The molecule has 0 spiro atoms. The number of hydrogen-bond acceptors (Lipinski definition) is 4. The Kier molecular flexibility index (Phi) is 5.21. The lowest BCUT2D eigenvalue weighted by Crippen LogP contribution is -2.30. The lowest BCUT2D eigenvalue weighted by atomic mass is 10.0. The molecular weight excluding hydrogens is 241 g/mol. The maximum absolute atomic E-state index is 13.7. The van der Waals surface area contributed by atoms with Gasteiger partial charge in [0.05, 0.1) is 12.5 Å². The summed E-state index contributed by atoms with van der Waals surface area (Å²) in [4.78, 5) is 10.5. The lowest BCUT2D eigenvalue weighted by molar-refractivity contribution is -0.136. The van der Waals surface area contributed by atoms with Gasteiger partial charge in [-0.3, -0.25) is 4.79 Å². The van der Waals surface area contributed by atoms with Crippen LogP contribution in [0.25, 0.3) is 0 Å². The van der Waals surface area contributed by atoms with Crippen molar-refractivity contribution in [3.63, 3.8) is 0 Å². The Hall–Kier alpha value is -1.50. The minimum absolute atomic E-state index is 0.0492. The normalized spacial score (nSPS) is 14.2. The van der Waals surface area contributed by atoms with Gasteiger partial charge in [0.1, 0.15) is 11.9 Å². The van der Waals surface area contributed by atoms with Gasteiger partial charge in [-0.2, -0.15) is 0 Å². The number of halogens is 1. The molecule has 1 aromatic carbocycles. The van der Waals surface area contributed by atoms with Crippen LogP contribution < -0.4 is 5.32 Å². The number of aliphatic hydroxyl groups is 2. The van der Waals surface area contributed by atoms with Crippen molar-refractivity contribution in [2.24, 2.45) is 0 Å². The van der Waals surface area contributed by atoms with Gasteiger partial charge in [0.2, 0.25) is 0 Å². The van der Waals surface area contributed by atoms with Crippen molar-refractivity contribution in [1.29, 1.82) is 0 Å². The van der Waals surface area contributed by atoms with Gasteiger partial charge >= 0.3 is 5.97 Å². The van der Waals surface area contributed by atoms with Crippen molar-refractivity contribution in [1.82, 2.24) is 5.32 Å². The quantitative estimate of drug-likeness (QED) is 0.579. The van der Waals surface area contributed by atoms with E-state index in [9.17, 15) is 19.4 Å². The van der Waals surface area contributed by atoms with Gasteiger partial charge < -0.3 is 20.6 Å². The molecule has 6 heteroatoms. The summed E-state index contributed by atoms with van der Waals surface area (Å²) in [5, 5.41) is 30.5. The number of carbonyl (C=O) groups is 1. The van der Waals surface area contributed by atoms with E-state index in [1.807, 2.05) is 0 Å². The minimum atomic E-state index is -1.35. The highest BCUT2D eigenvalue weighted by Crippen LogP contribution is 2.21. The number of aliphatic carboxylic acids is 1. The maximum Gasteiger partial charge on any atom is 0.307 e. The third-order valence-corrected chi connectivity index (χ3v) is 2.52. The molecule has 5 nitrogen and oxygen atoms in total. The third-order valence-electron chi connectivity index (χ3n) is 2.52. The summed E-state index contributed by atoms with van der Waals surface area (Å²) in [6, 6.07) is 3.76. The highest BCUT2D eigenvalue weighted by Gasteiger charge is 2.21. The van der Waals surface area contributed by atoms with Crippen molar-refractivity contribution in [2.75, 3.05) is 13.6 Å². The molecule has 100 valence electrons. The highest BCUT2D eigenvalue weighted by atomic mass is 19.1. The number of carboxylic acid groups (broad SMARTS) is 1. The summed E-state index contributed by atoms with van der Waals surface area (Å²) in [5.74, 6) is -1.78. The average molecular weight is 257 g/mol. The van der Waals surface area contributed by atoms with Gasteiger partial charge in [0, 0.05) is 12.1 Å². The molecule has 0 radical (unpaired) electrons. The Balaban J connectivity index is 2.87. The van der Waals surface area contributed by atoms with Crippen LogP contribution in [-0.4, -0.2) is 41.0 Å². The summed E-state index contributed by atoms with van der Waals surface area (Å²) in [7, 11) is 1.60. The zero-order chi connectivity index (χ0) is 13.7. The van der Waals surface area contributed by atoms with E-state index in [0.717, 1.165) is 6.07 Å². The van der Waals surface area contributed by atoms with E-state index in [1.165, 1.54) is 12.1 Å². The monoisotopic (exact) mass is 257 g/mol. The molecule has 0 saturated carbocycles. The van der Waals surface area contributed by atoms with E-state index < -0.39 is 24.0 Å². The second kappa shape index (κ2) is 6.44. The molecule has 0 heterocycles. The first kappa shape index (κ1) is 14.6. The predicted molar refractivity (Wildman–Crippen MR) is 62.6 cm³/mol. The van der Waals surface area contributed by atoms with Crippen LogP contribution in [0.15, 0.2) is 18.2 Å². The topological polar surface area (TPSA) is 89.8 Å². The van der Waals surface area contributed by atoms with Gasteiger partial charge in [-0.15, -0.1) is 0 Å². The first-order valence-corrected chi connectivity index (χ1v) is 5.46. The van der Waals surface area contributed by atoms with E-state index >= 15 is 0 Å². The first-order valence-electron chi connectivity index (χ1n) is 5.46. The van der Waals surface area contributed by atoms with Crippen LogP contribution in [0, 0.1) is 5.82 Å². The molecular formula is C12H16FNO4. The van der Waals surface area contributed by atoms with Crippen molar-refractivity contribution >= 4 is 5.97 Å². The number of nitrogens with one attached hydrogen (secondary N) is 1. The van der Waals surface area contributed by atoms with Crippen molar-refractivity contribution < 1.29 is 24.5 Å². The highest BCUT2D eigenvalue weighted by molar-refractivity contribution is 5.70. The molecule has 0 aliphatic rings. The Morgan fingerprint density at radius 1 is 1.44 bits per heavy atom. The molecule has 1 aromatic rings. The van der Waals surface area contributed by atoms with Crippen molar-refractivity contribution in [3.8, 4) is 0 Å². The van der Waals surface area contributed by atoms with Crippen LogP contribution in [-0.2, 0) is 11.2 Å². The van der Waals surface area contributed by atoms with Gasteiger partial charge in [-0.05, 0) is 18.7 Å². The van der Waals surface area contributed by atoms with Crippen LogP contribution in [0.3, 0.4) is 0 Å². The molecule has 1 rings (SSSR count). The molecule has 18 heavy (non-hydrogen) atoms. The van der Waals surface area contributed by atoms with E-state index in [2.05, 4.69) is 5.32 Å². The largest absolute Gasteiger partial charge is 0.481 e. The second-order valence-corrected chi connectivity index (χ2v) is 4.00. The van der Waals surface area contributed by atoms with E-state index in [4.69, 9.17) is 5.11 Å². The van der Waals surface area contributed by atoms with Crippen LogP contribution in [0.2, 0.25) is 0 Å². The van der Waals surface area contributed by atoms with Crippen molar-refractivity contribution in [3.05, 3.63) is 35.1 Å². The van der Waals surface area contributed by atoms with E-state index in [-0.39, 0.29) is 18.5 Å². The maximum atomic E-state index is 13.7. The third kappa shape index (κ3) is 3.76. The zero-order valence-corrected chi connectivity index (χ0v) is 9.93. The smallest absolute Gasteiger partial charge is 0.307 e. The molecule has 0 bridgehead atoms. The fourth-order valence-electron chi connectivity index (χ4n) is 1.62. The number of carboxylic acids is 1. The van der Waals surface area contributed by atoms with Gasteiger partial charge in [-0.1, -0.05) is 12.1 Å². The SMILES string of the molecule is CNCC(O)C(O)c1ccc(CC(=O)O)cc1F. The second-order valence-electron chi connectivity index (χ2n) is 4.00. The van der Waals surface area contributed by atoms with E-state index in [0.29, 0.717) is 5.56 Å². The lowest BCUT2D eigenvalue weighted by Gasteiger charge is -2.18. The summed E-state index contributed by atoms with van der Waals surface area (Å²) >= 11 is 0. The first-order chi connectivity index (χ1) is 8.45. The van der Waals surface area contributed by atoms with E-state index in [1.54, 1.807) is 7.05 Å². The number of hydrogen-bond donors (Lipinski definition) is 4. The van der Waals surface area contributed by atoms with Crippen LogP contribution in [0.4, 0.5) is 4.39 Å².